The van der Waals surface area contributed by atoms with Crippen molar-refractivity contribution in [2.75, 3.05) is 0 Å². The van der Waals surface area contributed by atoms with Crippen LogP contribution in [0, 0.1) is 5.41 Å². The van der Waals surface area contributed by atoms with Crippen molar-refractivity contribution in [3.8, 4) is 0 Å². The van der Waals surface area contributed by atoms with Crippen molar-refractivity contribution < 1.29 is 9.90 Å². The third-order valence-corrected chi connectivity index (χ3v) is 2.11. The molecular weight excluding hydrogens is 334 g/mol. The molecule has 0 aliphatic carbocycles. The van der Waals surface area contributed by atoms with Gasteiger partial charge in [-0.3, -0.25) is 4.79 Å². The van der Waals surface area contributed by atoms with E-state index in [1.807, 2.05) is 0 Å². The molecule has 0 unspecified atom stereocenters. The number of halogens is 3. The molecule has 0 heterocycles. The Morgan fingerprint density at radius 1 is 1.50 bits per heavy atom. The van der Waals surface area contributed by atoms with Gasteiger partial charge < -0.3 is 10.5 Å². The first-order chi connectivity index (χ1) is 4.34. The molecule has 2 N–H and O–H groups in total. The third kappa shape index (κ3) is 4.40. The second-order valence-electron chi connectivity index (χ2n) is 1.55. The fourth-order valence-electron chi connectivity index (χ4n) is 0.251. The van der Waals surface area contributed by atoms with Crippen LogP contribution in [0.2, 0.25) is 0 Å². The normalized spacial score (nSPS) is 11.1. The lowest BCUT2D eigenvalue weighted by Crippen LogP contribution is -2.19. The van der Waals surface area contributed by atoms with Gasteiger partial charge in [0.25, 0.3) is 0 Å². The topological polar surface area (TPSA) is 61.2 Å². The van der Waals surface area contributed by atoms with Gasteiger partial charge in [0.15, 0.2) is 2.14 Å². The SMILES string of the molecule is N=C(CC(=O)O)C(Br)(Br)Br. The zero-order valence-corrected chi connectivity index (χ0v) is 9.45. The molecular formula is C4H4Br3NO2. The number of alkyl halides is 3. The van der Waals surface area contributed by atoms with Gasteiger partial charge in [-0.15, -0.1) is 0 Å². The van der Waals surface area contributed by atoms with Crippen LogP contribution in [0.3, 0.4) is 0 Å². The number of nitrogens with one attached hydrogen (secondary N) is 1. The van der Waals surface area contributed by atoms with E-state index in [0.29, 0.717) is 0 Å². The molecule has 0 saturated carbocycles. The number of aliphatic carboxylic acids is 1. The fraction of sp³-hybridized carbons (Fsp3) is 0.500. The van der Waals surface area contributed by atoms with E-state index < -0.39 is 8.11 Å². The van der Waals surface area contributed by atoms with E-state index >= 15 is 0 Å². The Balaban J connectivity index is 3.99. The van der Waals surface area contributed by atoms with E-state index in [9.17, 15) is 4.79 Å². The van der Waals surface area contributed by atoms with Gasteiger partial charge in [0.05, 0.1) is 12.1 Å². The van der Waals surface area contributed by atoms with Crippen molar-refractivity contribution in [2.45, 2.75) is 8.56 Å². The summed E-state index contributed by atoms with van der Waals surface area (Å²) in [7, 11) is 0. The molecule has 0 atom stereocenters. The van der Waals surface area contributed by atoms with Crippen LogP contribution in [-0.4, -0.2) is 18.9 Å². The molecule has 0 fully saturated rings. The lowest BCUT2D eigenvalue weighted by molar-refractivity contribution is -0.135. The molecule has 0 aromatic heterocycles. The lowest BCUT2D eigenvalue weighted by atomic mass is 10.3. The zero-order valence-electron chi connectivity index (χ0n) is 4.70. The van der Waals surface area contributed by atoms with Gasteiger partial charge in [-0.2, -0.15) is 0 Å². The smallest absolute Gasteiger partial charge is 0.309 e. The number of carboxylic acids is 1. The minimum Gasteiger partial charge on any atom is -0.481 e. The van der Waals surface area contributed by atoms with Crippen molar-refractivity contribution >= 4 is 59.5 Å². The van der Waals surface area contributed by atoms with Gasteiger partial charge in [0.2, 0.25) is 0 Å². The first-order valence-electron chi connectivity index (χ1n) is 2.20. The lowest BCUT2D eigenvalue weighted by Gasteiger charge is -2.10. The van der Waals surface area contributed by atoms with Crippen LogP contribution in [0.25, 0.3) is 0 Å². The minimum absolute atomic E-state index is 0.0139. The van der Waals surface area contributed by atoms with E-state index in [1.54, 1.807) is 0 Å². The van der Waals surface area contributed by atoms with Crippen LogP contribution in [0.15, 0.2) is 0 Å². The third-order valence-electron chi connectivity index (χ3n) is 0.670. The summed E-state index contributed by atoms with van der Waals surface area (Å²) in [5, 5.41) is 15.4. The highest BCUT2D eigenvalue weighted by Gasteiger charge is 2.25. The monoisotopic (exact) mass is 335 g/mol. The molecule has 3 nitrogen and oxygen atoms in total. The molecule has 0 amide bonds. The van der Waals surface area contributed by atoms with Crippen LogP contribution >= 0.6 is 47.8 Å². The molecule has 6 heteroatoms. The number of carboxylic acid groups (broad SMARTS) is 1. The second-order valence-corrected chi connectivity index (χ2v) is 8.31. The molecule has 0 aliphatic rings. The van der Waals surface area contributed by atoms with Crippen molar-refractivity contribution in [3.05, 3.63) is 0 Å². The molecule has 0 aromatic carbocycles. The molecule has 0 rings (SSSR count). The van der Waals surface area contributed by atoms with E-state index in [0.717, 1.165) is 0 Å². The van der Waals surface area contributed by atoms with Crippen LogP contribution < -0.4 is 0 Å². The molecule has 0 bridgehead atoms. The summed E-state index contributed by atoms with van der Waals surface area (Å²) in [5.74, 6) is -1.02. The summed E-state index contributed by atoms with van der Waals surface area (Å²) in [4.78, 5) is 10.1. The summed E-state index contributed by atoms with van der Waals surface area (Å²) in [6.07, 6.45) is -0.290. The molecule has 58 valence electrons. The maximum atomic E-state index is 10.1. The van der Waals surface area contributed by atoms with Crippen LogP contribution in [0.4, 0.5) is 0 Å². The number of carbonyl (C=O) groups is 1. The van der Waals surface area contributed by atoms with Crippen LogP contribution in [0.1, 0.15) is 6.42 Å². The summed E-state index contributed by atoms with van der Waals surface area (Å²) < 4.78 is -0.870. The Hall–Kier alpha value is 0.580. The van der Waals surface area contributed by atoms with Gasteiger partial charge in [0.1, 0.15) is 0 Å². The van der Waals surface area contributed by atoms with Gasteiger partial charge in [-0.05, 0) is 0 Å². The first-order valence-corrected chi connectivity index (χ1v) is 4.58. The largest absolute Gasteiger partial charge is 0.481 e. The first kappa shape index (κ1) is 10.6. The maximum absolute atomic E-state index is 10.1. The highest BCUT2D eigenvalue weighted by Crippen LogP contribution is 2.35. The maximum Gasteiger partial charge on any atom is 0.309 e. The van der Waals surface area contributed by atoms with Crippen molar-refractivity contribution in [1.82, 2.24) is 0 Å². The van der Waals surface area contributed by atoms with Crippen molar-refractivity contribution in [3.63, 3.8) is 0 Å². The second kappa shape index (κ2) is 3.82. The van der Waals surface area contributed by atoms with Gasteiger partial charge in [-0.1, -0.05) is 47.8 Å². The van der Waals surface area contributed by atoms with Gasteiger partial charge in [0, 0.05) is 0 Å². The Morgan fingerprint density at radius 3 is 2.00 bits per heavy atom. The van der Waals surface area contributed by atoms with Crippen molar-refractivity contribution in [2.24, 2.45) is 0 Å². The van der Waals surface area contributed by atoms with Gasteiger partial charge in [-0.25, -0.2) is 0 Å². The van der Waals surface area contributed by atoms with E-state index in [1.165, 1.54) is 0 Å². The minimum atomic E-state index is -1.02. The van der Waals surface area contributed by atoms with Crippen molar-refractivity contribution in [1.29, 1.82) is 5.41 Å². The molecule has 0 aliphatic heterocycles. The summed E-state index contributed by atoms with van der Waals surface area (Å²) in [5.41, 5.74) is 0.0139. The summed E-state index contributed by atoms with van der Waals surface area (Å²) in [6.45, 7) is 0. The van der Waals surface area contributed by atoms with E-state index in [-0.39, 0.29) is 12.1 Å². The molecule has 0 radical (unpaired) electrons. The summed E-state index contributed by atoms with van der Waals surface area (Å²) >= 11 is 9.05. The van der Waals surface area contributed by atoms with Gasteiger partial charge >= 0.3 is 5.97 Å². The Kier molecular flexibility index (Phi) is 4.05. The molecule has 0 saturated heterocycles. The average Bonchev–Trinajstić information content (AvgIpc) is 1.60. The fourth-order valence-corrected chi connectivity index (χ4v) is 0.672. The summed E-state index contributed by atoms with van der Waals surface area (Å²) in [6, 6.07) is 0. The highest BCUT2D eigenvalue weighted by atomic mass is 80.0. The molecule has 10 heavy (non-hydrogen) atoms. The van der Waals surface area contributed by atoms with Crippen LogP contribution in [0.5, 0.6) is 0 Å². The molecule has 0 aromatic rings. The van der Waals surface area contributed by atoms with E-state index in [2.05, 4.69) is 47.8 Å². The number of rotatable bonds is 2. The Morgan fingerprint density at radius 2 is 1.90 bits per heavy atom. The quantitative estimate of drug-likeness (QED) is 0.600. The highest BCUT2D eigenvalue weighted by molar-refractivity contribution is 9.40. The standard InChI is InChI=1S/C4H4Br3NO2/c5-4(6,7)2(8)1-3(9)10/h8H,1H2,(H,9,10). The Labute approximate surface area is 83.1 Å². The zero-order chi connectivity index (χ0) is 8.36. The predicted octanol–water partition coefficient (Wildman–Crippen LogP) is 2.32. The van der Waals surface area contributed by atoms with E-state index in [4.69, 9.17) is 10.5 Å². The molecule has 0 spiro atoms. The number of hydrogen-bond acceptors (Lipinski definition) is 2. The predicted molar refractivity (Wildman–Crippen MR) is 49.5 cm³/mol. The van der Waals surface area contributed by atoms with Crippen LogP contribution in [-0.2, 0) is 4.79 Å². The Bertz CT molecular complexity index is 162. The number of hydrogen-bond donors (Lipinski definition) is 2. The average molecular weight is 338 g/mol.